The zero-order valence-electron chi connectivity index (χ0n) is 10.7. The van der Waals surface area contributed by atoms with Crippen LogP contribution in [0, 0.1) is 0 Å². The predicted octanol–water partition coefficient (Wildman–Crippen LogP) is 0.540. The highest BCUT2D eigenvalue weighted by atomic mass is 16.5. The summed E-state index contributed by atoms with van der Waals surface area (Å²) in [4.78, 5) is 24.1. The first kappa shape index (κ1) is 14.1. The lowest BCUT2D eigenvalue weighted by atomic mass is 10.1. The third-order valence-corrected chi connectivity index (χ3v) is 2.87. The average molecular weight is 242 g/mol. The van der Waals surface area contributed by atoms with Gasteiger partial charge < -0.3 is 10.1 Å². The van der Waals surface area contributed by atoms with Gasteiger partial charge in [-0.3, -0.25) is 14.5 Å². The van der Waals surface area contributed by atoms with Crippen molar-refractivity contribution in [1.29, 1.82) is 0 Å². The molecule has 1 fully saturated rings. The van der Waals surface area contributed by atoms with Crippen LogP contribution in [-0.2, 0) is 14.3 Å². The van der Waals surface area contributed by atoms with E-state index in [0.29, 0.717) is 12.6 Å². The predicted molar refractivity (Wildman–Crippen MR) is 64.5 cm³/mol. The number of ether oxygens (including phenoxy) is 1. The molecule has 0 aromatic heterocycles. The maximum Gasteiger partial charge on any atom is 0.255 e. The fourth-order valence-electron chi connectivity index (χ4n) is 1.94. The van der Waals surface area contributed by atoms with Crippen molar-refractivity contribution in [3.63, 3.8) is 0 Å². The lowest BCUT2D eigenvalue weighted by Gasteiger charge is -2.25. The molecule has 1 N–H and O–H groups in total. The maximum atomic E-state index is 11.4. The standard InChI is InChI=1S/C12H22N2O3/c1-3-13-10(2)6-4-5-7-14-11(15)8-17-9-12(14)16/h10,13H,3-9H2,1-2H3. The first-order valence-electron chi connectivity index (χ1n) is 6.29. The van der Waals surface area contributed by atoms with E-state index < -0.39 is 0 Å². The molecule has 0 radical (unpaired) electrons. The molecule has 0 aliphatic carbocycles. The Morgan fingerprint density at radius 2 is 1.94 bits per heavy atom. The number of imide groups is 1. The number of carbonyl (C=O) groups excluding carboxylic acids is 2. The summed E-state index contributed by atoms with van der Waals surface area (Å²) in [6.07, 6.45) is 2.96. The summed E-state index contributed by atoms with van der Waals surface area (Å²) in [5, 5.41) is 3.33. The summed E-state index contributed by atoms with van der Waals surface area (Å²) < 4.78 is 4.85. The summed E-state index contributed by atoms with van der Waals surface area (Å²) in [6.45, 7) is 5.82. The first-order valence-corrected chi connectivity index (χ1v) is 6.29. The Kier molecular flexibility index (Phi) is 6.15. The van der Waals surface area contributed by atoms with E-state index in [1.807, 2.05) is 0 Å². The quantitative estimate of drug-likeness (QED) is 0.523. The molecular formula is C12H22N2O3. The van der Waals surface area contributed by atoms with Gasteiger partial charge in [0.15, 0.2) is 0 Å². The lowest BCUT2D eigenvalue weighted by molar-refractivity contribution is -0.158. The van der Waals surface area contributed by atoms with Gasteiger partial charge >= 0.3 is 0 Å². The Balaban J connectivity index is 2.17. The fraction of sp³-hybridized carbons (Fsp3) is 0.833. The van der Waals surface area contributed by atoms with Crippen molar-refractivity contribution in [1.82, 2.24) is 10.2 Å². The molecule has 1 heterocycles. The summed E-state index contributed by atoms with van der Waals surface area (Å²) in [7, 11) is 0. The highest BCUT2D eigenvalue weighted by Crippen LogP contribution is 2.06. The molecule has 98 valence electrons. The van der Waals surface area contributed by atoms with Gasteiger partial charge in [0.25, 0.3) is 11.8 Å². The normalized spacial score (nSPS) is 18.6. The number of carbonyl (C=O) groups is 2. The summed E-state index contributed by atoms with van der Waals surface area (Å²) in [6, 6.07) is 0.496. The molecule has 2 amide bonds. The minimum atomic E-state index is -0.207. The molecule has 1 unspecified atom stereocenters. The smallest absolute Gasteiger partial charge is 0.255 e. The van der Waals surface area contributed by atoms with Crippen LogP contribution in [0.3, 0.4) is 0 Å². The number of hydrogen-bond acceptors (Lipinski definition) is 4. The molecule has 0 bridgehead atoms. The first-order chi connectivity index (χ1) is 8.15. The van der Waals surface area contributed by atoms with Crippen LogP contribution < -0.4 is 5.32 Å². The molecule has 17 heavy (non-hydrogen) atoms. The molecule has 5 nitrogen and oxygen atoms in total. The Bertz CT molecular complexity index is 252. The van der Waals surface area contributed by atoms with Crippen molar-refractivity contribution in [3.05, 3.63) is 0 Å². The van der Waals surface area contributed by atoms with Gasteiger partial charge in [-0.25, -0.2) is 0 Å². The molecule has 0 spiro atoms. The second-order valence-electron chi connectivity index (χ2n) is 4.39. The van der Waals surface area contributed by atoms with Crippen LogP contribution in [-0.4, -0.2) is 49.1 Å². The summed E-state index contributed by atoms with van der Waals surface area (Å²) in [5.74, 6) is -0.415. The van der Waals surface area contributed by atoms with Gasteiger partial charge in [0.1, 0.15) is 13.2 Å². The van der Waals surface area contributed by atoms with Crippen LogP contribution in [0.25, 0.3) is 0 Å². The number of hydrogen-bond donors (Lipinski definition) is 1. The van der Waals surface area contributed by atoms with Gasteiger partial charge in [-0.1, -0.05) is 13.3 Å². The van der Waals surface area contributed by atoms with E-state index in [4.69, 9.17) is 4.74 Å². The number of unbranched alkanes of at least 4 members (excludes halogenated alkanes) is 1. The molecule has 1 aliphatic heterocycles. The van der Waals surface area contributed by atoms with E-state index in [0.717, 1.165) is 25.8 Å². The maximum absolute atomic E-state index is 11.4. The van der Waals surface area contributed by atoms with Gasteiger partial charge in [-0.2, -0.15) is 0 Å². The highest BCUT2D eigenvalue weighted by Gasteiger charge is 2.25. The molecule has 5 heteroatoms. The summed E-state index contributed by atoms with van der Waals surface area (Å²) >= 11 is 0. The van der Waals surface area contributed by atoms with Crippen molar-refractivity contribution in [2.75, 3.05) is 26.3 Å². The zero-order valence-corrected chi connectivity index (χ0v) is 10.7. The molecule has 0 aromatic rings. The van der Waals surface area contributed by atoms with Gasteiger partial charge in [0, 0.05) is 12.6 Å². The lowest BCUT2D eigenvalue weighted by Crippen LogP contribution is -2.46. The van der Waals surface area contributed by atoms with Gasteiger partial charge in [-0.15, -0.1) is 0 Å². The van der Waals surface area contributed by atoms with Gasteiger partial charge in [0.05, 0.1) is 0 Å². The Labute approximate surface area is 102 Å². The van der Waals surface area contributed by atoms with Crippen LogP contribution >= 0.6 is 0 Å². The molecule has 1 saturated heterocycles. The summed E-state index contributed by atoms with van der Waals surface area (Å²) in [5.41, 5.74) is 0. The number of amides is 2. The van der Waals surface area contributed by atoms with Crippen molar-refractivity contribution in [3.8, 4) is 0 Å². The zero-order chi connectivity index (χ0) is 12.7. The van der Waals surface area contributed by atoms with E-state index in [1.54, 1.807) is 0 Å². The third kappa shape index (κ3) is 4.83. The number of rotatable bonds is 7. The fourth-order valence-corrected chi connectivity index (χ4v) is 1.94. The molecule has 1 aliphatic rings. The van der Waals surface area contributed by atoms with Crippen LogP contribution in [0.4, 0.5) is 0 Å². The second-order valence-corrected chi connectivity index (χ2v) is 4.39. The molecule has 1 atom stereocenters. The van der Waals surface area contributed by atoms with Crippen molar-refractivity contribution in [2.45, 2.75) is 39.2 Å². The van der Waals surface area contributed by atoms with Crippen LogP contribution in [0.5, 0.6) is 0 Å². The van der Waals surface area contributed by atoms with Crippen LogP contribution in [0.1, 0.15) is 33.1 Å². The van der Waals surface area contributed by atoms with Crippen molar-refractivity contribution >= 4 is 11.8 Å². The molecule has 0 saturated carbocycles. The van der Waals surface area contributed by atoms with Crippen molar-refractivity contribution < 1.29 is 14.3 Å². The number of nitrogens with zero attached hydrogens (tertiary/aromatic N) is 1. The largest absolute Gasteiger partial charge is 0.362 e. The molecular weight excluding hydrogens is 220 g/mol. The van der Waals surface area contributed by atoms with E-state index >= 15 is 0 Å². The second kappa shape index (κ2) is 7.40. The van der Waals surface area contributed by atoms with Crippen molar-refractivity contribution in [2.24, 2.45) is 0 Å². The number of morpholine rings is 1. The van der Waals surface area contributed by atoms with Crippen LogP contribution in [0.15, 0.2) is 0 Å². The van der Waals surface area contributed by atoms with Gasteiger partial charge in [0.2, 0.25) is 0 Å². The van der Waals surface area contributed by atoms with E-state index in [1.165, 1.54) is 4.90 Å². The SMILES string of the molecule is CCNC(C)CCCCN1C(=O)COCC1=O. The molecule has 0 aromatic carbocycles. The third-order valence-electron chi connectivity index (χ3n) is 2.87. The Hall–Kier alpha value is -0.940. The van der Waals surface area contributed by atoms with E-state index in [9.17, 15) is 9.59 Å². The van der Waals surface area contributed by atoms with E-state index in [-0.39, 0.29) is 25.0 Å². The Morgan fingerprint density at radius 1 is 1.29 bits per heavy atom. The minimum absolute atomic E-state index is 0.0412. The monoisotopic (exact) mass is 242 g/mol. The van der Waals surface area contributed by atoms with E-state index in [2.05, 4.69) is 19.2 Å². The minimum Gasteiger partial charge on any atom is -0.362 e. The van der Waals surface area contributed by atoms with Gasteiger partial charge in [-0.05, 0) is 26.3 Å². The Morgan fingerprint density at radius 3 is 2.53 bits per heavy atom. The van der Waals surface area contributed by atoms with Crippen LogP contribution in [0.2, 0.25) is 0 Å². The number of nitrogens with one attached hydrogen (secondary N) is 1. The average Bonchev–Trinajstić information content (AvgIpc) is 2.28. The molecule has 1 rings (SSSR count). The topological polar surface area (TPSA) is 58.6 Å². The highest BCUT2D eigenvalue weighted by molar-refractivity contribution is 5.98.